The van der Waals surface area contributed by atoms with Crippen LogP contribution in [-0.4, -0.2) is 69.3 Å². The highest BCUT2D eigenvalue weighted by Crippen LogP contribution is 2.41. The molecule has 3 aliphatic heterocycles. The van der Waals surface area contributed by atoms with Crippen LogP contribution in [0.2, 0.25) is 0 Å². The third-order valence-electron chi connectivity index (χ3n) is 9.38. The summed E-state index contributed by atoms with van der Waals surface area (Å²) in [6.07, 6.45) is 14.4. The Bertz CT molecular complexity index is 1760. The van der Waals surface area contributed by atoms with E-state index in [0.717, 1.165) is 58.0 Å². The van der Waals surface area contributed by atoms with E-state index in [4.69, 9.17) is 21.9 Å². The largest absolute Gasteiger partial charge is 0.508 e. The van der Waals surface area contributed by atoms with Crippen LogP contribution in [0, 0.1) is 24.0 Å². The molecule has 0 aliphatic carbocycles. The molecule has 0 unspecified atom stereocenters. The first kappa shape index (κ1) is 27.7. The highest BCUT2D eigenvalue weighted by molar-refractivity contribution is 6.03. The van der Waals surface area contributed by atoms with Crippen LogP contribution >= 0.6 is 0 Å². The minimum atomic E-state index is -0.731. The number of fused-ring (bicyclic) bond motifs is 3. The van der Waals surface area contributed by atoms with E-state index in [1.165, 1.54) is 30.5 Å². The van der Waals surface area contributed by atoms with Gasteiger partial charge in [0, 0.05) is 36.3 Å². The van der Waals surface area contributed by atoms with Crippen LogP contribution in [0.5, 0.6) is 11.8 Å². The lowest BCUT2D eigenvalue weighted by Gasteiger charge is -2.31. The molecule has 0 radical (unpaired) electrons. The number of nitrogens with two attached hydrogens (primary N) is 1. The summed E-state index contributed by atoms with van der Waals surface area (Å²) in [5.41, 5.74) is 6.43. The molecule has 10 heteroatoms. The standard InChI is InChI=1S/C33H34F2N6O2/c1-2-23-26(34)9-8-20-15-22(42)16-24(27(20)23)29-28(35)30-25(17-37-29)31(40-12-4-3-7-21(36)18-40)39-32(38-30)43-19-33-10-5-13-41(33)14-6-11-33/h1,8-9,15-17,21,42H,3-7,10-14,18-19,36H2/t21-/m0/s1. The number of hydrogen-bond acceptors (Lipinski definition) is 8. The molecule has 3 N–H and O–H groups in total. The Morgan fingerprint density at radius 3 is 2.70 bits per heavy atom. The van der Waals surface area contributed by atoms with Gasteiger partial charge in [-0.25, -0.2) is 8.78 Å². The van der Waals surface area contributed by atoms with Gasteiger partial charge < -0.3 is 20.5 Å². The number of halogens is 2. The number of aromatic hydroxyl groups is 1. The second-order valence-electron chi connectivity index (χ2n) is 12.1. The lowest BCUT2D eigenvalue weighted by molar-refractivity contribution is 0.108. The van der Waals surface area contributed by atoms with Gasteiger partial charge in [0.15, 0.2) is 5.82 Å². The van der Waals surface area contributed by atoms with Gasteiger partial charge >= 0.3 is 6.01 Å². The van der Waals surface area contributed by atoms with Crippen molar-refractivity contribution >= 4 is 27.5 Å². The Kier molecular flexibility index (Phi) is 7.02. The Labute approximate surface area is 248 Å². The zero-order valence-corrected chi connectivity index (χ0v) is 24.0. The third-order valence-corrected chi connectivity index (χ3v) is 9.38. The summed E-state index contributed by atoms with van der Waals surface area (Å²) in [5, 5.41) is 11.7. The number of benzene rings is 2. The molecule has 1 atom stereocenters. The van der Waals surface area contributed by atoms with E-state index in [2.05, 4.69) is 25.7 Å². The Hall–Kier alpha value is -4.07. The number of rotatable bonds is 5. The lowest BCUT2D eigenvalue weighted by Crippen LogP contribution is -2.43. The number of ether oxygens (including phenoxy) is 1. The number of pyridine rings is 1. The molecule has 0 amide bonds. The lowest BCUT2D eigenvalue weighted by atomic mass is 9.95. The average molecular weight is 585 g/mol. The van der Waals surface area contributed by atoms with E-state index in [9.17, 15) is 9.50 Å². The molecule has 7 rings (SSSR count). The van der Waals surface area contributed by atoms with E-state index in [1.807, 2.05) is 0 Å². The van der Waals surface area contributed by atoms with Crippen molar-refractivity contribution in [3.8, 4) is 35.4 Å². The van der Waals surface area contributed by atoms with E-state index < -0.39 is 11.6 Å². The number of hydrogen-bond donors (Lipinski definition) is 2. The number of anilines is 1. The van der Waals surface area contributed by atoms with E-state index in [1.54, 1.807) is 0 Å². The highest BCUT2D eigenvalue weighted by Gasteiger charge is 2.45. The molecule has 4 aromatic rings. The van der Waals surface area contributed by atoms with Crippen molar-refractivity contribution in [1.29, 1.82) is 0 Å². The summed E-state index contributed by atoms with van der Waals surface area (Å²) in [4.78, 5) is 18.5. The van der Waals surface area contributed by atoms with Crippen molar-refractivity contribution in [1.82, 2.24) is 19.9 Å². The number of aromatic nitrogens is 3. The molecule has 8 nitrogen and oxygen atoms in total. The van der Waals surface area contributed by atoms with Crippen molar-refractivity contribution in [2.45, 2.75) is 56.5 Å². The molecule has 0 spiro atoms. The van der Waals surface area contributed by atoms with Gasteiger partial charge in [0.25, 0.3) is 0 Å². The molecule has 3 aliphatic rings. The molecule has 5 heterocycles. The summed E-state index contributed by atoms with van der Waals surface area (Å²) in [5.74, 6) is 1.44. The first-order chi connectivity index (χ1) is 20.9. The fraction of sp³-hybridized carbons (Fsp3) is 0.424. The normalized spacial score (nSPS) is 20.3. The van der Waals surface area contributed by atoms with Gasteiger partial charge in [-0.3, -0.25) is 9.88 Å². The molecule has 3 fully saturated rings. The Morgan fingerprint density at radius 2 is 1.91 bits per heavy atom. The Balaban J connectivity index is 1.39. The van der Waals surface area contributed by atoms with Gasteiger partial charge in [-0.2, -0.15) is 9.97 Å². The predicted molar refractivity (Wildman–Crippen MR) is 162 cm³/mol. The molecule has 43 heavy (non-hydrogen) atoms. The monoisotopic (exact) mass is 584 g/mol. The highest BCUT2D eigenvalue weighted by atomic mass is 19.1. The maximum Gasteiger partial charge on any atom is 0.319 e. The SMILES string of the molecule is C#Cc1c(F)ccc2cc(O)cc(-c3ncc4c(N5CCCC[C@H](N)C5)nc(OCC56CCCN5CCC6)nc4c3F)c12. The van der Waals surface area contributed by atoms with Crippen LogP contribution in [0.1, 0.15) is 50.5 Å². The van der Waals surface area contributed by atoms with E-state index in [-0.39, 0.29) is 51.1 Å². The summed E-state index contributed by atoms with van der Waals surface area (Å²) < 4.78 is 37.8. The van der Waals surface area contributed by atoms with E-state index in [0.29, 0.717) is 36.3 Å². The number of terminal acetylenes is 1. The van der Waals surface area contributed by atoms with Crippen LogP contribution in [-0.2, 0) is 0 Å². The van der Waals surface area contributed by atoms with Gasteiger partial charge in [0.2, 0.25) is 0 Å². The fourth-order valence-electron chi connectivity index (χ4n) is 7.29. The van der Waals surface area contributed by atoms with E-state index >= 15 is 4.39 Å². The first-order valence-electron chi connectivity index (χ1n) is 15.0. The van der Waals surface area contributed by atoms with Gasteiger partial charge in [-0.15, -0.1) is 6.42 Å². The maximum absolute atomic E-state index is 16.7. The average Bonchev–Trinajstić information content (AvgIpc) is 3.50. The molecular formula is C33H34F2N6O2. The molecular weight excluding hydrogens is 550 g/mol. The fourth-order valence-corrected chi connectivity index (χ4v) is 7.29. The minimum Gasteiger partial charge on any atom is -0.508 e. The summed E-state index contributed by atoms with van der Waals surface area (Å²) >= 11 is 0. The van der Waals surface area contributed by atoms with Crippen molar-refractivity contribution in [2.75, 3.05) is 37.7 Å². The molecule has 0 saturated carbocycles. The van der Waals surface area contributed by atoms with Crippen molar-refractivity contribution in [3.63, 3.8) is 0 Å². The maximum atomic E-state index is 16.7. The van der Waals surface area contributed by atoms with Gasteiger partial charge in [-0.1, -0.05) is 18.4 Å². The zero-order chi connectivity index (χ0) is 29.7. The smallest absolute Gasteiger partial charge is 0.319 e. The van der Waals surface area contributed by atoms with Crippen molar-refractivity contribution in [2.24, 2.45) is 5.73 Å². The quantitative estimate of drug-likeness (QED) is 0.311. The van der Waals surface area contributed by atoms with Gasteiger partial charge in [-0.05, 0) is 75.2 Å². The first-order valence-corrected chi connectivity index (χ1v) is 15.0. The molecule has 2 aromatic carbocycles. The second-order valence-corrected chi connectivity index (χ2v) is 12.1. The Morgan fingerprint density at radius 1 is 1.09 bits per heavy atom. The van der Waals surface area contributed by atoms with Crippen molar-refractivity contribution in [3.05, 3.63) is 47.7 Å². The van der Waals surface area contributed by atoms with Crippen LogP contribution in [0.15, 0.2) is 30.5 Å². The summed E-state index contributed by atoms with van der Waals surface area (Å²) in [6.45, 7) is 3.82. The van der Waals surface area contributed by atoms with Crippen molar-refractivity contribution < 1.29 is 18.6 Å². The van der Waals surface area contributed by atoms with Gasteiger partial charge in [0.1, 0.15) is 35.2 Å². The summed E-state index contributed by atoms with van der Waals surface area (Å²) in [6, 6.07) is 5.59. The van der Waals surface area contributed by atoms with Crippen LogP contribution in [0.3, 0.4) is 0 Å². The van der Waals surface area contributed by atoms with Crippen LogP contribution in [0.25, 0.3) is 32.9 Å². The van der Waals surface area contributed by atoms with Crippen LogP contribution < -0.4 is 15.4 Å². The molecule has 222 valence electrons. The molecule has 3 saturated heterocycles. The molecule has 2 aromatic heterocycles. The second kappa shape index (κ2) is 10.9. The van der Waals surface area contributed by atoms with Gasteiger partial charge in [0.05, 0.1) is 16.5 Å². The number of phenols is 1. The summed E-state index contributed by atoms with van der Waals surface area (Å²) in [7, 11) is 0. The topological polar surface area (TPSA) is 101 Å². The molecule has 0 bridgehead atoms. The number of nitrogens with zero attached hydrogens (tertiary/aromatic N) is 5. The predicted octanol–water partition coefficient (Wildman–Crippen LogP) is 5.13. The van der Waals surface area contributed by atoms with Crippen LogP contribution in [0.4, 0.5) is 14.6 Å². The number of phenolic OH excluding ortho intramolecular Hbond substituents is 1. The third kappa shape index (κ3) is 4.81. The minimum absolute atomic E-state index is 0.0308. The zero-order valence-electron chi connectivity index (χ0n) is 24.0.